The largest absolute Gasteiger partial charge is 0.480 e. The molecule has 1 aromatic rings. The number of aromatic amines is 1. The maximum atomic E-state index is 11.3. The van der Waals surface area contributed by atoms with Gasteiger partial charge in [0.15, 0.2) is 0 Å². The van der Waals surface area contributed by atoms with Crippen molar-refractivity contribution >= 4 is 21.9 Å². The minimum absolute atomic E-state index is 0.0295. The molecule has 1 heterocycles. The second kappa shape index (κ2) is 3.71. The quantitative estimate of drug-likeness (QED) is 0.696. The maximum absolute atomic E-state index is 11.3. The molecule has 0 aliphatic heterocycles. The van der Waals surface area contributed by atoms with E-state index in [0.717, 1.165) is 0 Å². The van der Waals surface area contributed by atoms with Crippen LogP contribution in [0.4, 0.5) is 0 Å². The molecule has 0 aromatic carbocycles. The molecule has 1 unspecified atom stereocenters. The van der Waals surface area contributed by atoms with Crippen LogP contribution in [0.1, 0.15) is 11.6 Å². The van der Waals surface area contributed by atoms with Gasteiger partial charge in [0.25, 0.3) is 0 Å². The van der Waals surface area contributed by atoms with Gasteiger partial charge in [-0.15, -0.1) is 0 Å². The number of hydrogen-bond acceptors (Lipinski definition) is 3. The highest BCUT2D eigenvalue weighted by molar-refractivity contribution is 9.10. The first-order valence-corrected chi connectivity index (χ1v) is 4.18. The molecule has 0 aliphatic rings. The molecular weight excluding hydrogens is 240 g/mol. The minimum atomic E-state index is -1.29. The molecule has 1 rings (SSSR count). The van der Waals surface area contributed by atoms with Gasteiger partial charge in [-0.2, -0.15) is 0 Å². The summed E-state index contributed by atoms with van der Waals surface area (Å²) in [6, 6.07) is -1.29. The van der Waals surface area contributed by atoms with E-state index in [2.05, 4.69) is 20.9 Å². The zero-order valence-electron chi connectivity index (χ0n) is 6.45. The third kappa shape index (κ3) is 1.96. The number of halogens is 1. The third-order valence-electron chi connectivity index (χ3n) is 1.53. The van der Waals surface area contributed by atoms with Gasteiger partial charge >= 0.3 is 5.97 Å². The summed E-state index contributed by atoms with van der Waals surface area (Å²) < 4.78 is 0.265. The van der Waals surface area contributed by atoms with Crippen molar-refractivity contribution in [1.82, 2.24) is 4.98 Å². The number of nitrogens with two attached hydrogens (primary N) is 1. The molecule has 0 saturated heterocycles. The van der Waals surface area contributed by atoms with Crippen LogP contribution in [-0.2, 0) is 4.79 Å². The number of pyridine rings is 1. The summed E-state index contributed by atoms with van der Waals surface area (Å²) in [6.07, 6.45) is 2.70. The molecule has 0 saturated carbocycles. The van der Waals surface area contributed by atoms with Crippen LogP contribution in [0.5, 0.6) is 0 Å². The predicted molar refractivity (Wildman–Crippen MR) is 49.3 cm³/mol. The average Bonchev–Trinajstić information content (AvgIpc) is 2.08. The normalized spacial score (nSPS) is 12.5. The molecule has 4 N–H and O–H groups in total. The number of hydrogen-bond donors (Lipinski definition) is 3. The number of rotatable bonds is 2. The lowest BCUT2D eigenvalue weighted by Gasteiger charge is -2.04. The molecule has 0 aliphatic carbocycles. The van der Waals surface area contributed by atoms with Gasteiger partial charge in [-0.25, -0.2) is 0 Å². The molecule has 1 atom stereocenters. The van der Waals surface area contributed by atoms with Gasteiger partial charge in [0.1, 0.15) is 6.04 Å². The number of nitrogens with one attached hydrogen (secondary N) is 1. The standard InChI is InChI=1S/C7H7BrN2O3/c8-4-2-10-1-3(6(4)11)5(9)7(12)13/h1-2,5H,9H2,(H,10,11)(H,12,13). The molecule has 0 amide bonds. The fourth-order valence-corrected chi connectivity index (χ4v) is 1.20. The molecule has 0 spiro atoms. The van der Waals surface area contributed by atoms with E-state index in [9.17, 15) is 9.59 Å². The molecule has 0 fully saturated rings. The molecule has 5 nitrogen and oxygen atoms in total. The fourth-order valence-electron chi connectivity index (χ4n) is 0.838. The summed E-state index contributed by atoms with van der Waals surface area (Å²) in [5.41, 5.74) is 4.89. The average molecular weight is 247 g/mol. The number of carbonyl (C=O) groups is 1. The second-order valence-electron chi connectivity index (χ2n) is 2.40. The molecule has 70 valence electrons. The second-order valence-corrected chi connectivity index (χ2v) is 3.26. The number of aromatic nitrogens is 1. The maximum Gasteiger partial charge on any atom is 0.325 e. The molecule has 6 heteroatoms. The lowest BCUT2D eigenvalue weighted by atomic mass is 10.1. The van der Waals surface area contributed by atoms with Crippen LogP contribution in [0.3, 0.4) is 0 Å². The molecular formula is C7H7BrN2O3. The van der Waals surface area contributed by atoms with Crippen molar-refractivity contribution in [3.63, 3.8) is 0 Å². The summed E-state index contributed by atoms with van der Waals surface area (Å²) >= 11 is 2.97. The highest BCUT2D eigenvalue weighted by Gasteiger charge is 2.18. The van der Waals surface area contributed by atoms with E-state index < -0.39 is 17.4 Å². The lowest BCUT2D eigenvalue weighted by molar-refractivity contribution is -0.138. The van der Waals surface area contributed by atoms with Crippen molar-refractivity contribution in [2.45, 2.75) is 6.04 Å². The Kier molecular flexibility index (Phi) is 2.84. The predicted octanol–water partition coefficient (Wildman–Crippen LogP) is 0.222. The highest BCUT2D eigenvalue weighted by Crippen LogP contribution is 2.07. The van der Waals surface area contributed by atoms with Gasteiger partial charge in [0.2, 0.25) is 5.43 Å². The summed E-state index contributed by atoms with van der Waals surface area (Å²) in [6.45, 7) is 0. The van der Waals surface area contributed by atoms with Crippen LogP contribution >= 0.6 is 15.9 Å². The van der Waals surface area contributed by atoms with Gasteiger partial charge in [0.05, 0.1) is 4.47 Å². The smallest absolute Gasteiger partial charge is 0.325 e. The van der Waals surface area contributed by atoms with Gasteiger partial charge in [-0.1, -0.05) is 0 Å². The van der Waals surface area contributed by atoms with Crippen molar-refractivity contribution in [3.05, 3.63) is 32.7 Å². The van der Waals surface area contributed by atoms with Crippen molar-refractivity contribution in [2.24, 2.45) is 5.73 Å². The Morgan fingerprint density at radius 1 is 1.62 bits per heavy atom. The first-order chi connectivity index (χ1) is 6.04. The summed E-state index contributed by atoms with van der Waals surface area (Å²) in [5, 5.41) is 8.56. The number of H-pyrrole nitrogens is 1. The summed E-state index contributed by atoms with van der Waals surface area (Å²) in [4.78, 5) is 24.4. The summed E-state index contributed by atoms with van der Waals surface area (Å²) in [7, 11) is 0. The Morgan fingerprint density at radius 2 is 2.23 bits per heavy atom. The minimum Gasteiger partial charge on any atom is -0.480 e. The lowest BCUT2D eigenvalue weighted by Crippen LogP contribution is -2.27. The van der Waals surface area contributed by atoms with Crippen molar-refractivity contribution < 1.29 is 9.90 Å². The Balaban J connectivity index is 3.23. The Labute approximate surface area is 81.7 Å². The molecule has 1 aromatic heterocycles. The van der Waals surface area contributed by atoms with E-state index in [4.69, 9.17) is 10.8 Å². The SMILES string of the molecule is NC(C(=O)O)c1c[nH]cc(Br)c1=O. The zero-order chi connectivity index (χ0) is 10.0. The van der Waals surface area contributed by atoms with Crippen molar-refractivity contribution in [1.29, 1.82) is 0 Å². The van der Waals surface area contributed by atoms with Crippen LogP contribution in [0, 0.1) is 0 Å². The van der Waals surface area contributed by atoms with Crippen LogP contribution in [0.2, 0.25) is 0 Å². The monoisotopic (exact) mass is 246 g/mol. The summed E-state index contributed by atoms with van der Waals surface area (Å²) in [5.74, 6) is -1.23. The Hall–Kier alpha value is -1.14. The van der Waals surface area contributed by atoms with Gasteiger partial charge in [-0.05, 0) is 15.9 Å². The van der Waals surface area contributed by atoms with Crippen LogP contribution < -0.4 is 11.2 Å². The third-order valence-corrected chi connectivity index (χ3v) is 2.12. The fraction of sp³-hybridized carbons (Fsp3) is 0.143. The van der Waals surface area contributed by atoms with Gasteiger partial charge < -0.3 is 15.8 Å². The van der Waals surface area contributed by atoms with Crippen LogP contribution in [0.25, 0.3) is 0 Å². The molecule has 0 bridgehead atoms. The van der Waals surface area contributed by atoms with E-state index in [1.165, 1.54) is 12.4 Å². The Bertz CT molecular complexity index is 388. The number of carboxylic acid groups (broad SMARTS) is 1. The van der Waals surface area contributed by atoms with Crippen molar-refractivity contribution in [2.75, 3.05) is 0 Å². The van der Waals surface area contributed by atoms with Gasteiger partial charge in [0, 0.05) is 18.0 Å². The van der Waals surface area contributed by atoms with E-state index in [1.54, 1.807) is 0 Å². The van der Waals surface area contributed by atoms with Gasteiger partial charge in [-0.3, -0.25) is 9.59 Å². The van der Waals surface area contributed by atoms with Crippen LogP contribution in [0.15, 0.2) is 21.7 Å². The molecule has 13 heavy (non-hydrogen) atoms. The van der Waals surface area contributed by atoms with Crippen LogP contribution in [-0.4, -0.2) is 16.1 Å². The molecule has 0 radical (unpaired) electrons. The Morgan fingerprint density at radius 3 is 2.77 bits per heavy atom. The highest BCUT2D eigenvalue weighted by atomic mass is 79.9. The first kappa shape index (κ1) is 9.94. The number of carboxylic acids is 1. The van der Waals surface area contributed by atoms with E-state index in [1.807, 2.05) is 0 Å². The first-order valence-electron chi connectivity index (χ1n) is 3.39. The number of aliphatic carboxylic acids is 1. The van der Waals surface area contributed by atoms with Crippen molar-refractivity contribution in [3.8, 4) is 0 Å². The topological polar surface area (TPSA) is 96.2 Å². The zero-order valence-corrected chi connectivity index (χ0v) is 8.04. The van der Waals surface area contributed by atoms with E-state index >= 15 is 0 Å². The van der Waals surface area contributed by atoms with E-state index in [-0.39, 0.29) is 10.0 Å². The van der Waals surface area contributed by atoms with E-state index in [0.29, 0.717) is 0 Å².